The Hall–Kier alpha value is -2.51. The molecule has 1 fully saturated rings. The van der Waals surface area contributed by atoms with Gasteiger partial charge in [-0.25, -0.2) is 0 Å². The van der Waals surface area contributed by atoms with E-state index in [2.05, 4.69) is 20.9 Å². The number of fused-ring (bicyclic) bond motifs is 3. The molecule has 5 heterocycles. The highest BCUT2D eigenvalue weighted by Gasteiger charge is 2.20. The second-order valence-electron chi connectivity index (χ2n) is 7.47. The maximum atomic E-state index is 12.4. The standard InChI is InChI=1S/C21H25N5OS/c1-15-5-7-26-19(15)20(27)22-18-12-17(28-21(18)26)14-24-8-10-25(11-9-24)16-4-3-6-23(2)13-16/h3-5,7,12-13H,6,8-11,14H2,1-2H3,(H,22,27)/i2D3. The van der Waals surface area contributed by atoms with E-state index in [0.29, 0.717) is 6.54 Å². The summed E-state index contributed by atoms with van der Waals surface area (Å²) in [5.41, 5.74) is 3.50. The van der Waals surface area contributed by atoms with Crippen LogP contribution in [0.15, 0.2) is 47.2 Å². The van der Waals surface area contributed by atoms with Gasteiger partial charge in [-0.05, 0) is 30.7 Å². The highest BCUT2D eigenvalue weighted by atomic mass is 32.1. The predicted octanol–water partition coefficient (Wildman–Crippen LogP) is 2.61. The van der Waals surface area contributed by atoms with Gasteiger partial charge in [-0.15, -0.1) is 11.3 Å². The van der Waals surface area contributed by atoms with Crippen molar-refractivity contribution >= 4 is 27.2 Å². The van der Waals surface area contributed by atoms with E-state index in [1.165, 1.54) is 9.78 Å². The van der Waals surface area contributed by atoms with Crippen LogP contribution < -0.4 is 5.56 Å². The quantitative estimate of drug-likeness (QED) is 0.737. The summed E-state index contributed by atoms with van der Waals surface area (Å²) in [6.45, 7) is 4.63. The number of hydrogen-bond acceptors (Lipinski definition) is 5. The van der Waals surface area contributed by atoms with E-state index in [0.717, 1.165) is 59.8 Å². The van der Waals surface area contributed by atoms with Crippen molar-refractivity contribution < 1.29 is 4.11 Å². The first kappa shape index (κ1) is 14.5. The molecule has 0 saturated carbocycles. The minimum Gasteiger partial charge on any atom is -0.375 e. The van der Waals surface area contributed by atoms with E-state index in [4.69, 9.17) is 4.11 Å². The smallest absolute Gasteiger partial charge is 0.273 e. The van der Waals surface area contributed by atoms with Crippen molar-refractivity contribution in [1.82, 2.24) is 24.1 Å². The predicted molar refractivity (Wildman–Crippen MR) is 115 cm³/mol. The molecule has 2 aliphatic heterocycles. The Balaban J connectivity index is 1.28. The zero-order chi connectivity index (χ0) is 21.8. The molecule has 28 heavy (non-hydrogen) atoms. The first-order valence-electron chi connectivity index (χ1n) is 11.0. The number of likely N-dealkylation sites (N-methyl/N-ethyl adjacent to an activating group) is 1. The Morgan fingerprint density at radius 2 is 2.14 bits per heavy atom. The van der Waals surface area contributed by atoms with E-state index in [-0.39, 0.29) is 5.56 Å². The van der Waals surface area contributed by atoms with Crippen LogP contribution in [0.1, 0.15) is 14.6 Å². The fourth-order valence-electron chi connectivity index (χ4n) is 4.06. The van der Waals surface area contributed by atoms with E-state index < -0.39 is 6.98 Å². The zero-order valence-corrected chi connectivity index (χ0v) is 16.6. The molecule has 1 saturated heterocycles. The molecular weight excluding hydrogens is 370 g/mol. The molecule has 3 aromatic rings. The molecule has 0 bridgehead atoms. The lowest BCUT2D eigenvalue weighted by molar-refractivity contribution is 0.155. The molecule has 0 radical (unpaired) electrons. The summed E-state index contributed by atoms with van der Waals surface area (Å²) in [6.07, 6.45) is 7.66. The first-order valence-corrected chi connectivity index (χ1v) is 10.4. The first-order chi connectivity index (χ1) is 14.8. The molecule has 0 spiro atoms. The Bertz CT molecular complexity index is 1240. The van der Waals surface area contributed by atoms with Crippen LogP contribution in [0.5, 0.6) is 0 Å². The van der Waals surface area contributed by atoms with Crippen LogP contribution in [0.4, 0.5) is 0 Å². The number of rotatable bonds is 3. The third kappa shape index (κ3) is 3.04. The summed E-state index contributed by atoms with van der Waals surface area (Å²) in [5.74, 6) is 0. The molecule has 0 amide bonds. The van der Waals surface area contributed by atoms with Crippen molar-refractivity contribution in [2.45, 2.75) is 13.5 Å². The molecule has 0 atom stereocenters. The van der Waals surface area contributed by atoms with Gasteiger partial charge in [0.05, 0.1) is 11.2 Å². The van der Waals surface area contributed by atoms with Crippen molar-refractivity contribution in [3.05, 3.63) is 63.2 Å². The van der Waals surface area contributed by atoms with Crippen LogP contribution in [0, 0.1) is 6.92 Å². The summed E-state index contributed by atoms with van der Waals surface area (Å²) in [7, 11) is 0. The lowest BCUT2D eigenvalue weighted by Crippen LogP contribution is -2.45. The average molecular weight is 399 g/mol. The topological polar surface area (TPSA) is 47.0 Å². The van der Waals surface area contributed by atoms with E-state index in [1.54, 1.807) is 17.5 Å². The SMILES string of the molecule is [2H]C([2H])([2H])N1C=C(N2CCN(Cc3cc4[nH]c(=O)c5c(C)ccn5c4s3)CC2)C=CC1. The van der Waals surface area contributed by atoms with Crippen molar-refractivity contribution in [2.75, 3.05) is 39.7 Å². The summed E-state index contributed by atoms with van der Waals surface area (Å²) < 4.78 is 24.9. The minimum absolute atomic E-state index is 0.0483. The molecule has 146 valence electrons. The van der Waals surface area contributed by atoms with Gasteiger partial charge in [0, 0.05) is 67.6 Å². The second-order valence-corrected chi connectivity index (χ2v) is 8.59. The summed E-state index contributed by atoms with van der Waals surface area (Å²) >= 11 is 1.72. The number of aromatic amines is 1. The molecule has 6 nitrogen and oxygen atoms in total. The number of thiophene rings is 1. The summed E-state index contributed by atoms with van der Waals surface area (Å²) in [5, 5.41) is 0. The van der Waals surface area contributed by atoms with Crippen LogP contribution in [-0.2, 0) is 6.54 Å². The minimum atomic E-state index is -2.11. The second kappa shape index (κ2) is 6.83. The number of aryl methyl sites for hydroxylation is 1. The number of nitrogens with one attached hydrogen (secondary N) is 1. The van der Waals surface area contributed by atoms with Crippen LogP contribution in [-0.4, -0.2) is 63.8 Å². The van der Waals surface area contributed by atoms with Gasteiger partial charge in [0.1, 0.15) is 10.3 Å². The van der Waals surface area contributed by atoms with Gasteiger partial charge in [0.25, 0.3) is 5.56 Å². The molecular formula is C21H25N5OS. The monoisotopic (exact) mass is 398 g/mol. The van der Waals surface area contributed by atoms with Gasteiger partial charge >= 0.3 is 0 Å². The highest BCUT2D eigenvalue weighted by molar-refractivity contribution is 7.18. The van der Waals surface area contributed by atoms with Gasteiger partial charge in [-0.2, -0.15) is 0 Å². The summed E-state index contributed by atoms with van der Waals surface area (Å²) in [6, 6.07) is 4.06. The molecule has 0 aliphatic carbocycles. The molecule has 2 aliphatic rings. The molecule has 7 heteroatoms. The maximum absolute atomic E-state index is 12.4. The molecule has 0 unspecified atom stereocenters. The van der Waals surface area contributed by atoms with Crippen LogP contribution in [0.2, 0.25) is 0 Å². The van der Waals surface area contributed by atoms with Gasteiger partial charge in [0.15, 0.2) is 0 Å². The van der Waals surface area contributed by atoms with Gasteiger partial charge in [-0.3, -0.25) is 9.69 Å². The molecule has 5 rings (SSSR count). The Labute approximate surface area is 172 Å². The number of nitrogens with zero attached hydrogens (tertiary/aromatic N) is 4. The normalized spacial score (nSPS) is 20.5. The van der Waals surface area contributed by atoms with Crippen LogP contribution in [0.25, 0.3) is 15.9 Å². The van der Waals surface area contributed by atoms with Crippen LogP contribution in [0.3, 0.4) is 0 Å². The largest absolute Gasteiger partial charge is 0.375 e. The molecule has 1 N–H and O–H groups in total. The van der Waals surface area contributed by atoms with Crippen molar-refractivity contribution in [1.29, 1.82) is 0 Å². The van der Waals surface area contributed by atoms with Gasteiger partial charge in [0.2, 0.25) is 0 Å². The fourth-order valence-corrected chi connectivity index (χ4v) is 5.20. The Morgan fingerprint density at radius 3 is 2.96 bits per heavy atom. The van der Waals surface area contributed by atoms with E-state index >= 15 is 0 Å². The third-order valence-electron chi connectivity index (χ3n) is 5.53. The van der Waals surface area contributed by atoms with Gasteiger partial charge in [-0.1, -0.05) is 6.08 Å². The van der Waals surface area contributed by atoms with E-state index in [1.807, 2.05) is 35.7 Å². The number of allylic oxidation sites excluding steroid dienone is 1. The number of H-pyrrole nitrogens is 1. The average Bonchev–Trinajstić information content (AvgIpc) is 3.31. The summed E-state index contributed by atoms with van der Waals surface area (Å²) in [4.78, 5) is 23.8. The highest BCUT2D eigenvalue weighted by Crippen LogP contribution is 2.27. The third-order valence-corrected chi connectivity index (χ3v) is 6.65. The lowest BCUT2D eigenvalue weighted by atomic mass is 10.2. The zero-order valence-electron chi connectivity index (χ0n) is 18.8. The lowest BCUT2D eigenvalue weighted by Gasteiger charge is -2.37. The number of piperazine rings is 1. The fraction of sp³-hybridized carbons (Fsp3) is 0.381. The Morgan fingerprint density at radius 1 is 1.29 bits per heavy atom. The Kier molecular flexibility index (Phi) is 3.53. The number of hydrogen-bond donors (Lipinski definition) is 1. The van der Waals surface area contributed by atoms with Crippen molar-refractivity contribution in [3.63, 3.8) is 0 Å². The van der Waals surface area contributed by atoms with Crippen molar-refractivity contribution in [2.24, 2.45) is 0 Å². The van der Waals surface area contributed by atoms with Crippen LogP contribution >= 0.6 is 11.3 Å². The maximum Gasteiger partial charge on any atom is 0.273 e. The van der Waals surface area contributed by atoms with Crippen molar-refractivity contribution in [3.8, 4) is 0 Å². The van der Waals surface area contributed by atoms with Gasteiger partial charge < -0.3 is 19.2 Å². The molecule has 3 aromatic heterocycles. The number of aromatic nitrogens is 2. The molecule has 0 aromatic carbocycles. The van der Waals surface area contributed by atoms with E-state index in [9.17, 15) is 4.79 Å².